The molecule has 1 saturated carbocycles. The lowest BCUT2D eigenvalue weighted by atomic mass is 9.75. The van der Waals surface area contributed by atoms with E-state index < -0.39 is 34.5 Å². The Labute approximate surface area is 234 Å². The summed E-state index contributed by atoms with van der Waals surface area (Å²) in [6, 6.07) is 6.53. The molecule has 2 atom stereocenters. The minimum atomic E-state index is -0.869. The van der Waals surface area contributed by atoms with Crippen LogP contribution in [-0.2, 0) is 35.0 Å². The van der Waals surface area contributed by atoms with Crippen molar-refractivity contribution in [2.75, 3.05) is 20.3 Å². The van der Waals surface area contributed by atoms with Gasteiger partial charge in [0.2, 0.25) is 5.91 Å². The van der Waals surface area contributed by atoms with Gasteiger partial charge in [-0.15, -0.1) is 0 Å². The summed E-state index contributed by atoms with van der Waals surface area (Å²) in [5, 5.41) is 3.03. The van der Waals surface area contributed by atoms with E-state index >= 15 is 0 Å². The van der Waals surface area contributed by atoms with Gasteiger partial charge in [0.25, 0.3) is 0 Å². The first-order valence-corrected chi connectivity index (χ1v) is 14.2. The maximum atomic E-state index is 14.0. The molecular formula is C31H49NO7. The molecule has 0 bridgehead atoms. The van der Waals surface area contributed by atoms with Gasteiger partial charge in [-0.25, -0.2) is 4.79 Å². The minimum Gasteiger partial charge on any atom is -0.497 e. The van der Waals surface area contributed by atoms with Crippen LogP contribution >= 0.6 is 0 Å². The Balaban J connectivity index is 2.30. The Morgan fingerprint density at radius 3 is 2.00 bits per heavy atom. The molecule has 0 saturated heterocycles. The van der Waals surface area contributed by atoms with Crippen LogP contribution in [0.3, 0.4) is 0 Å². The van der Waals surface area contributed by atoms with Crippen LogP contribution in [-0.4, -0.2) is 55.4 Å². The van der Waals surface area contributed by atoms with Gasteiger partial charge in [0.05, 0.1) is 18.4 Å². The predicted octanol–water partition coefficient (Wildman–Crippen LogP) is 5.40. The van der Waals surface area contributed by atoms with E-state index in [1.165, 1.54) is 0 Å². The van der Waals surface area contributed by atoms with Crippen LogP contribution in [0.5, 0.6) is 5.75 Å². The van der Waals surface area contributed by atoms with Crippen molar-refractivity contribution in [3.63, 3.8) is 0 Å². The number of methoxy groups -OCH3 is 1. The number of hydrogen-bond acceptors (Lipinski definition) is 7. The van der Waals surface area contributed by atoms with E-state index in [-0.39, 0.29) is 18.3 Å². The summed E-state index contributed by atoms with van der Waals surface area (Å²) in [7, 11) is 1.60. The van der Waals surface area contributed by atoms with Crippen LogP contribution in [0.15, 0.2) is 24.3 Å². The molecule has 0 spiro atoms. The second-order valence-electron chi connectivity index (χ2n) is 12.5. The van der Waals surface area contributed by atoms with E-state index in [0.29, 0.717) is 44.6 Å². The highest BCUT2D eigenvalue weighted by atomic mass is 16.6. The molecule has 1 fully saturated rings. The normalized spacial score (nSPS) is 16.7. The topological polar surface area (TPSA) is 100 Å². The number of ether oxygens (including phenoxy) is 4. The van der Waals surface area contributed by atoms with Crippen molar-refractivity contribution in [2.24, 2.45) is 11.3 Å². The first kappa shape index (κ1) is 32.6. The molecule has 2 rings (SSSR count). The van der Waals surface area contributed by atoms with Crippen molar-refractivity contribution in [1.29, 1.82) is 0 Å². The van der Waals surface area contributed by atoms with Crippen LogP contribution in [0.25, 0.3) is 0 Å². The van der Waals surface area contributed by atoms with Crippen LogP contribution < -0.4 is 10.1 Å². The van der Waals surface area contributed by atoms with E-state index in [0.717, 1.165) is 18.4 Å². The van der Waals surface area contributed by atoms with Crippen LogP contribution in [0.1, 0.15) is 92.6 Å². The molecule has 0 heterocycles. The predicted molar refractivity (Wildman–Crippen MR) is 150 cm³/mol. The van der Waals surface area contributed by atoms with Gasteiger partial charge >= 0.3 is 11.9 Å². The van der Waals surface area contributed by atoms with E-state index in [1.54, 1.807) is 27.9 Å². The Bertz CT molecular complexity index is 937. The van der Waals surface area contributed by atoms with E-state index in [2.05, 4.69) is 5.32 Å². The van der Waals surface area contributed by atoms with Crippen molar-refractivity contribution in [3.05, 3.63) is 29.8 Å². The summed E-state index contributed by atoms with van der Waals surface area (Å²) < 4.78 is 22.2. The third-order valence-electron chi connectivity index (χ3n) is 6.83. The third-order valence-corrected chi connectivity index (χ3v) is 6.83. The fourth-order valence-corrected chi connectivity index (χ4v) is 4.98. The molecule has 8 heteroatoms. The molecule has 1 aliphatic rings. The molecule has 1 N–H and O–H groups in total. The molecule has 1 aromatic carbocycles. The summed E-state index contributed by atoms with van der Waals surface area (Å²) in [6.45, 7) is 13.8. The molecule has 0 aromatic heterocycles. The number of nitrogens with one attached hydrogen (secondary N) is 1. The van der Waals surface area contributed by atoms with Crippen molar-refractivity contribution >= 4 is 17.8 Å². The SMILES string of the molecule is CCOCCC(CC1(C(=O)N[C@@H](Cc2ccc(OC)cc2)C(=O)OC(C)(C)C)CCCC1)C(=O)OC(C)(C)C. The van der Waals surface area contributed by atoms with Gasteiger partial charge < -0.3 is 24.3 Å². The number of amides is 1. The molecule has 1 amide bonds. The highest BCUT2D eigenvalue weighted by Gasteiger charge is 2.46. The van der Waals surface area contributed by atoms with E-state index in [9.17, 15) is 14.4 Å². The molecule has 1 unspecified atom stereocenters. The Hall–Kier alpha value is -2.61. The lowest BCUT2D eigenvalue weighted by molar-refractivity contribution is -0.164. The fourth-order valence-electron chi connectivity index (χ4n) is 4.98. The number of carbonyl (C=O) groups excluding carboxylic acids is 3. The zero-order valence-electron chi connectivity index (χ0n) is 25.2. The number of esters is 2. The molecule has 0 radical (unpaired) electrons. The Kier molecular flexibility index (Phi) is 11.8. The molecule has 1 aromatic rings. The van der Waals surface area contributed by atoms with Crippen molar-refractivity contribution in [1.82, 2.24) is 5.32 Å². The van der Waals surface area contributed by atoms with Gasteiger partial charge in [-0.2, -0.15) is 0 Å². The first-order valence-electron chi connectivity index (χ1n) is 14.2. The Morgan fingerprint density at radius 1 is 0.923 bits per heavy atom. The largest absolute Gasteiger partial charge is 0.497 e. The maximum absolute atomic E-state index is 14.0. The number of hydrogen-bond donors (Lipinski definition) is 1. The van der Waals surface area contributed by atoms with Gasteiger partial charge in [0, 0.05) is 19.6 Å². The second kappa shape index (κ2) is 14.1. The average molecular weight is 548 g/mol. The second-order valence-corrected chi connectivity index (χ2v) is 12.5. The molecule has 8 nitrogen and oxygen atoms in total. The fraction of sp³-hybridized carbons (Fsp3) is 0.710. The van der Waals surface area contributed by atoms with Gasteiger partial charge in [0.15, 0.2) is 0 Å². The van der Waals surface area contributed by atoms with Crippen LogP contribution in [0, 0.1) is 11.3 Å². The van der Waals surface area contributed by atoms with E-state index in [4.69, 9.17) is 18.9 Å². The molecule has 39 heavy (non-hydrogen) atoms. The van der Waals surface area contributed by atoms with E-state index in [1.807, 2.05) is 52.0 Å². The monoisotopic (exact) mass is 547 g/mol. The third kappa shape index (κ3) is 10.8. The van der Waals surface area contributed by atoms with Crippen molar-refractivity contribution < 1.29 is 33.3 Å². The Morgan fingerprint density at radius 2 is 1.49 bits per heavy atom. The summed E-state index contributed by atoms with van der Waals surface area (Å²) in [5.41, 5.74) is -1.23. The summed E-state index contributed by atoms with van der Waals surface area (Å²) >= 11 is 0. The molecule has 220 valence electrons. The highest BCUT2D eigenvalue weighted by Crippen LogP contribution is 2.44. The smallest absolute Gasteiger partial charge is 0.329 e. The maximum Gasteiger partial charge on any atom is 0.329 e. The lowest BCUT2D eigenvalue weighted by Gasteiger charge is -2.34. The highest BCUT2D eigenvalue weighted by molar-refractivity contribution is 5.89. The van der Waals surface area contributed by atoms with Crippen LogP contribution in [0.2, 0.25) is 0 Å². The molecule has 1 aliphatic carbocycles. The van der Waals surface area contributed by atoms with Gasteiger partial charge in [0.1, 0.15) is 23.0 Å². The summed E-state index contributed by atoms with van der Waals surface area (Å²) in [4.78, 5) is 40.4. The van der Waals surface area contributed by atoms with Crippen molar-refractivity contribution in [2.45, 2.75) is 111 Å². The zero-order chi connectivity index (χ0) is 29.3. The number of benzene rings is 1. The molecular weight excluding hydrogens is 498 g/mol. The lowest BCUT2D eigenvalue weighted by Crippen LogP contribution is -2.51. The molecule has 0 aliphatic heterocycles. The van der Waals surface area contributed by atoms with Gasteiger partial charge in [-0.05, 0) is 91.8 Å². The standard InChI is InChI=1S/C31H49NO7/c1-9-37-19-16-23(26(33)38-29(2,3)4)21-31(17-10-11-18-31)28(35)32-25(27(34)39-30(5,6)7)20-22-12-14-24(36-8)15-13-22/h12-15,23,25H,9-11,16-21H2,1-8H3,(H,32,35)/t23?,25-/m0/s1. The quantitative estimate of drug-likeness (QED) is 0.261. The number of rotatable bonds is 13. The minimum absolute atomic E-state index is 0.214. The number of carbonyl (C=O) groups is 3. The average Bonchev–Trinajstić information content (AvgIpc) is 3.31. The van der Waals surface area contributed by atoms with Crippen molar-refractivity contribution in [3.8, 4) is 5.75 Å². The first-order chi connectivity index (χ1) is 18.2. The summed E-state index contributed by atoms with van der Waals surface area (Å²) in [5.74, 6) is -0.791. The van der Waals surface area contributed by atoms with Gasteiger partial charge in [-0.3, -0.25) is 9.59 Å². The summed E-state index contributed by atoms with van der Waals surface area (Å²) in [6.07, 6.45) is 4.17. The van der Waals surface area contributed by atoms with Crippen LogP contribution in [0.4, 0.5) is 0 Å². The van der Waals surface area contributed by atoms with Gasteiger partial charge in [-0.1, -0.05) is 25.0 Å². The zero-order valence-corrected chi connectivity index (χ0v) is 25.2.